The van der Waals surface area contributed by atoms with Gasteiger partial charge in [-0.2, -0.15) is 4.98 Å². The van der Waals surface area contributed by atoms with Crippen molar-refractivity contribution in [2.45, 2.75) is 6.42 Å². The lowest BCUT2D eigenvalue weighted by Gasteiger charge is -2.12. The number of carbonyl (C=O) groups is 2. The predicted molar refractivity (Wildman–Crippen MR) is 103 cm³/mol. The molecule has 0 aliphatic heterocycles. The Kier molecular flexibility index (Phi) is 6.31. The Morgan fingerprint density at radius 3 is 2.69 bits per heavy atom. The van der Waals surface area contributed by atoms with Crippen LogP contribution >= 0.6 is 0 Å². The van der Waals surface area contributed by atoms with Crippen LogP contribution in [0, 0.1) is 0 Å². The second-order valence-electron chi connectivity index (χ2n) is 5.79. The van der Waals surface area contributed by atoms with Gasteiger partial charge >= 0.3 is 11.9 Å². The number of hydrogen-bond donors (Lipinski definition) is 1. The highest BCUT2D eigenvalue weighted by Gasteiger charge is 2.16. The summed E-state index contributed by atoms with van der Waals surface area (Å²) in [7, 11) is 2.44. The molecule has 0 spiro atoms. The highest BCUT2D eigenvalue weighted by molar-refractivity contribution is 5.98. The molecule has 0 bridgehead atoms. The van der Waals surface area contributed by atoms with Gasteiger partial charge in [-0.3, -0.25) is 4.98 Å². The van der Waals surface area contributed by atoms with Gasteiger partial charge in [0.15, 0.2) is 0 Å². The molecule has 0 unspecified atom stereocenters. The minimum Gasteiger partial charge on any atom is -0.466 e. The zero-order chi connectivity index (χ0) is 20.6. The molecule has 148 valence electrons. The van der Waals surface area contributed by atoms with Crippen molar-refractivity contribution in [1.29, 1.82) is 0 Å². The summed E-state index contributed by atoms with van der Waals surface area (Å²) in [6.45, 7) is 0. The Labute approximate surface area is 166 Å². The van der Waals surface area contributed by atoms with E-state index >= 15 is 0 Å². The van der Waals surface area contributed by atoms with Gasteiger partial charge in [-0.15, -0.1) is 0 Å². The van der Waals surface area contributed by atoms with Gasteiger partial charge in [0, 0.05) is 23.6 Å². The SMILES string of the molecule is COC(=O)/C=C(/Nc1ccccc1Cc1nc(-c2cccnc2)no1)C(=O)OC. The first kappa shape index (κ1) is 19.7. The fourth-order valence-corrected chi connectivity index (χ4v) is 2.48. The van der Waals surface area contributed by atoms with Gasteiger partial charge in [-0.25, -0.2) is 9.59 Å². The van der Waals surface area contributed by atoms with Gasteiger partial charge in [0.05, 0.1) is 26.7 Å². The second kappa shape index (κ2) is 9.27. The largest absolute Gasteiger partial charge is 0.466 e. The van der Waals surface area contributed by atoms with Crippen LogP contribution in [0.2, 0.25) is 0 Å². The van der Waals surface area contributed by atoms with Crippen LogP contribution in [0.25, 0.3) is 11.4 Å². The normalized spacial score (nSPS) is 11.0. The fraction of sp³-hybridized carbons (Fsp3) is 0.150. The number of carbonyl (C=O) groups excluding carboxylic acids is 2. The number of aromatic nitrogens is 3. The Morgan fingerprint density at radius 2 is 1.97 bits per heavy atom. The lowest BCUT2D eigenvalue weighted by Crippen LogP contribution is -2.16. The van der Waals surface area contributed by atoms with E-state index in [4.69, 9.17) is 9.26 Å². The summed E-state index contributed by atoms with van der Waals surface area (Å²) < 4.78 is 14.6. The van der Waals surface area contributed by atoms with Crippen LogP contribution in [0.5, 0.6) is 0 Å². The Bertz CT molecular complexity index is 1030. The van der Waals surface area contributed by atoms with E-state index in [0.717, 1.165) is 17.2 Å². The maximum Gasteiger partial charge on any atom is 0.354 e. The third-order valence-electron chi connectivity index (χ3n) is 3.88. The minimum absolute atomic E-state index is 0.0617. The van der Waals surface area contributed by atoms with Gasteiger partial charge < -0.3 is 19.3 Å². The molecule has 1 aromatic carbocycles. The zero-order valence-electron chi connectivity index (χ0n) is 15.8. The summed E-state index contributed by atoms with van der Waals surface area (Å²) in [5.74, 6) is -0.579. The Balaban J connectivity index is 1.84. The van der Waals surface area contributed by atoms with Crippen LogP contribution in [0.15, 0.2) is 65.1 Å². The molecule has 0 amide bonds. The van der Waals surface area contributed by atoms with E-state index in [0.29, 0.717) is 23.8 Å². The summed E-state index contributed by atoms with van der Waals surface area (Å²) in [5.41, 5.74) is 2.03. The van der Waals surface area contributed by atoms with Crippen molar-refractivity contribution in [2.24, 2.45) is 0 Å². The molecule has 2 aromatic heterocycles. The molecule has 0 fully saturated rings. The molecule has 0 saturated heterocycles. The first-order valence-electron chi connectivity index (χ1n) is 8.56. The number of ether oxygens (including phenoxy) is 2. The second-order valence-corrected chi connectivity index (χ2v) is 5.79. The van der Waals surface area contributed by atoms with Crippen molar-refractivity contribution < 1.29 is 23.6 Å². The monoisotopic (exact) mass is 394 g/mol. The fourth-order valence-electron chi connectivity index (χ4n) is 2.48. The average molecular weight is 394 g/mol. The molecule has 9 nitrogen and oxygen atoms in total. The highest BCUT2D eigenvalue weighted by Crippen LogP contribution is 2.22. The van der Waals surface area contributed by atoms with Crippen LogP contribution in [0.3, 0.4) is 0 Å². The maximum atomic E-state index is 12.0. The Hall–Kier alpha value is -4.01. The lowest BCUT2D eigenvalue weighted by atomic mass is 10.1. The van der Waals surface area contributed by atoms with E-state index in [1.807, 2.05) is 18.2 Å². The van der Waals surface area contributed by atoms with E-state index in [9.17, 15) is 9.59 Å². The summed E-state index contributed by atoms with van der Waals surface area (Å²) in [4.78, 5) is 32.0. The van der Waals surface area contributed by atoms with E-state index in [-0.39, 0.29) is 5.70 Å². The van der Waals surface area contributed by atoms with Crippen LogP contribution in [-0.2, 0) is 25.5 Å². The Morgan fingerprint density at radius 1 is 1.14 bits per heavy atom. The number of pyridine rings is 1. The van der Waals surface area contributed by atoms with Crippen molar-refractivity contribution in [3.05, 3.63) is 72.0 Å². The van der Waals surface area contributed by atoms with E-state index < -0.39 is 11.9 Å². The van der Waals surface area contributed by atoms with E-state index in [1.165, 1.54) is 14.2 Å². The van der Waals surface area contributed by atoms with Gasteiger partial charge in [0.1, 0.15) is 5.70 Å². The molecule has 0 radical (unpaired) electrons. The van der Waals surface area contributed by atoms with Crippen LogP contribution in [0.4, 0.5) is 5.69 Å². The molecule has 1 N–H and O–H groups in total. The van der Waals surface area contributed by atoms with Crippen molar-refractivity contribution in [3.63, 3.8) is 0 Å². The molecular formula is C20H18N4O5. The number of benzene rings is 1. The number of methoxy groups -OCH3 is 2. The van der Waals surface area contributed by atoms with Gasteiger partial charge in [-0.05, 0) is 23.8 Å². The lowest BCUT2D eigenvalue weighted by molar-refractivity contribution is -0.138. The molecule has 3 rings (SSSR count). The van der Waals surface area contributed by atoms with Crippen LogP contribution in [0.1, 0.15) is 11.5 Å². The van der Waals surface area contributed by atoms with Crippen molar-refractivity contribution >= 4 is 17.6 Å². The summed E-state index contributed by atoms with van der Waals surface area (Å²) in [6.07, 6.45) is 4.64. The number of esters is 2. The van der Waals surface area contributed by atoms with Crippen molar-refractivity contribution in [3.8, 4) is 11.4 Å². The van der Waals surface area contributed by atoms with Crippen molar-refractivity contribution in [1.82, 2.24) is 15.1 Å². The zero-order valence-corrected chi connectivity index (χ0v) is 15.8. The molecule has 0 aliphatic rings. The van der Waals surface area contributed by atoms with Gasteiger partial charge in [-0.1, -0.05) is 23.4 Å². The van der Waals surface area contributed by atoms with E-state index in [2.05, 4.69) is 25.2 Å². The maximum absolute atomic E-state index is 12.0. The number of rotatable bonds is 7. The van der Waals surface area contributed by atoms with Crippen LogP contribution < -0.4 is 5.32 Å². The quantitative estimate of drug-likeness (QED) is 0.476. The number of nitrogens with zero attached hydrogens (tertiary/aromatic N) is 3. The summed E-state index contributed by atoms with van der Waals surface area (Å²) in [6, 6.07) is 10.8. The topological polar surface area (TPSA) is 116 Å². The van der Waals surface area contributed by atoms with Gasteiger partial charge in [0.25, 0.3) is 0 Å². The summed E-state index contributed by atoms with van der Waals surface area (Å²) in [5, 5.41) is 6.88. The standard InChI is InChI=1S/C20H18N4O5/c1-27-18(25)11-16(20(26)28-2)22-15-8-4-3-6-13(15)10-17-23-19(24-29-17)14-7-5-9-21-12-14/h3-9,11-12,22H,10H2,1-2H3/b16-11+. The number of hydrogen-bond acceptors (Lipinski definition) is 9. The minimum atomic E-state index is -0.707. The third-order valence-corrected chi connectivity index (χ3v) is 3.88. The predicted octanol–water partition coefficient (Wildman–Crippen LogP) is 2.36. The number of anilines is 1. The summed E-state index contributed by atoms with van der Waals surface area (Å²) >= 11 is 0. The molecule has 2 heterocycles. The first-order valence-corrected chi connectivity index (χ1v) is 8.56. The third kappa shape index (κ3) is 5.04. The first-order chi connectivity index (χ1) is 14.1. The molecule has 3 aromatic rings. The smallest absolute Gasteiger partial charge is 0.354 e. The molecule has 0 saturated carbocycles. The van der Waals surface area contributed by atoms with Crippen LogP contribution in [-0.4, -0.2) is 41.3 Å². The molecular weight excluding hydrogens is 376 g/mol. The molecule has 0 aliphatic carbocycles. The highest BCUT2D eigenvalue weighted by atomic mass is 16.5. The van der Waals surface area contributed by atoms with Crippen molar-refractivity contribution in [2.75, 3.05) is 19.5 Å². The number of para-hydroxylation sites is 1. The number of nitrogens with one attached hydrogen (secondary N) is 1. The molecule has 9 heteroatoms. The van der Waals surface area contributed by atoms with E-state index in [1.54, 1.807) is 30.6 Å². The average Bonchev–Trinajstić information content (AvgIpc) is 3.23. The molecule has 0 atom stereocenters. The van der Waals surface area contributed by atoms with Gasteiger partial charge in [0.2, 0.25) is 11.7 Å². The molecule has 29 heavy (non-hydrogen) atoms.